The number of piperidine rings is 1. The van der Waals surface area contributed by atoms with E-state index in [0.29, 0.717) is 31.9 Å². The molecular formula is C15H19N5O2. The molecule has 2 aromatic rings. The molecule has 0 aromatic carbocycles. The van der Waals surface area contributed by atoms with E-state index in [4.69, 9.17) is 0 Å². The molecule has 0 atom stereocenters. The van der Waals surface area contributed by atoms with Crippen molar-refractivity contribution in [2.45, 2.75) is 32.2 Å². The van der Waals surface area contributed by atoms with Crippen LogP contribution in [0.3, 0.4) is 0 Å². The number of nitrogens with zero attached hydrogens (tertiary/aromatic N) is 5. The van der Waals surface area contributed by atoms with E-state index in [1.54, 1.807) is 23.2 Å². The Bertz CT molecular complexity index is 689. The number of hydrogen-bond donors (Lipinski definition) is 1. The number of hydrogen-bond acceptors (Lipinski definition) is 5. The first-order valence-electron chi connectivity index (χ1n) is 7.31. The maximum absolute atomic E-state index is 11.9. The normalized spacial score (nSPS) is 17.5. The maximum Gasteiger partial charge on any atom is 0.330 e. The van der Waals surface area contributed by atoms with Gasteiger partial charge in [-0.15, -0.1) is 0 Å². The van der Waals surface area contributed by atoms with E-state index < -0.39 is 11.5 Å². The van der Waals surface area contributed by atoms with Gasteiger partial charge in [-0.25, -0.2) is 19.7 Å². The van der Waals surface area contributed by atoms with Crippen LogP contribution in [-0.2, 0) is 10.3 Å². The Morgan fingerprint density at radius 1 is 1.23 bits per heavy atom. The van der Waals surface area contributed by atoms with Gasteiger partial charge in [-0.1, -0.05) is 0 Å². The summed E-state index contributed by atoms with van der Waals surface area (Å²) in [4.78, 5) is 26.8. The van der Waals surface area contributed by atoms with E-state index in [-0.39, 0.29) is 0 Å². The first-order valence-corrected chi connectivity index (χ1v) is 7.31. The van der Waals surface area contributed by atoms with Crippen LogP contribution in [0.15, 0.2) is 24.7 Å². The first kappa shape index (κ1) is 14.5. The second-order valence-electron chi connectivity index (χ2n) is 5.67. The molecule has 7 nitrogen and oxygen atoms in total. The number of carboxylic acids is 1. The Labute approximate surface area is 128 Å². The standard InChI is InChI=1S/C15H19N5O2/c1-11-3-6-17-14(18-11)19-8-4-15(5-9-19,13(21)22)20-10-7-16-12(20)2/h3,6-7,10H,4-5,8-9H2,1-2H3,(H,21,22). The van der Waals surface area contributed by atoms with Crippen LogP contribution in [0.5, 0.6) is 0 Å². The lowest BCUT2D eigenvalue weighted by Crippen LogP contribution is -2.51. The zero-order chi connectivity index (χ0) is 15.7. The zero-order valence-corrected chi connectivity index (χ0v) is 12.7. The summed E-state index contributed by atoms with van der Waals surface area (Å²) in [6, 6.07) is 1.85. The molecule has 0 bridgehead atoms. The van der Waals surface area contributed by atoms with Crippen LogP contribution in [0.2, 0.25) is 0 Å². The zero-order valence-electron chi connectivity index (χ0n) is 12.7. The second kappa shape index (κ2) is 5.40. The van der Waals surface area contributed by atoms with Crippen LogP contribution < -0.4 is 4.90 Å². The van der Waals surface area contributed by atoms with E-state index in [2.05, 4.69) is 15.0 Å². The molecule has 1 N–H and O–H groups in total. The summed E-state index contributed by atoms with van der Waals surface area (Å²) in [6.45, 7) is 4.97. The Kier molecular flexibility index (Phi) is 3.56. The van der Waals surface area contributed by atoms with Crippen LogP contribution in [-0.4, -0.2) is 43.7 Å². The Morgan fingerprint density at radius 3 is 2.50 bits per heavy atom. The van der Waals surface area contributed by atoms with Gasteiger partial charge in [0.05, 0.1) is 0 Å². The van der Waals surface area contributed by atoms with Gasteiger partial charge in [0.2, 0.25) is 5.95 Å². The summed E-state index contributed by atoms with van der Waals surface area (Å²) in [5, 5.41) is 9.79. The molecule has 1 aliphatic rings. The van der Waals surface area contributed by atoms with Crippen molar-refractivity contribution in [1.29, 1.82) is 0 Å². The lowest BCUT2D eigenvalue weighted by Gasteiger charge is -2.40. The molecule has 0 spiro atoms. The molecular weight excluding hydrogens is 282 g/mol. The predicted molar refractivity (Wildman–Crippen MR) is 80.8 cm³/mol. The number of rotatable bonds is 3. The monoisotopic (exact) mass is 301 g/mol. The van der Waals surface area contributed by atoms with Crippen molar-refractivity contribution < 1.29 is 9.90 Å². The molecule has 1 fully saturated rings. The molecule has 0 radical (unpaired) electrons. The average molecular weight is 301 g/mol. The van der Waals surface area contributed by atoms with E-state index in [9.17, 15) is 9.90 Å². The molecule has 0 amide bonds. The van der Waals surface area contributed by atoms with Crippen LogP contribution in [0, 0.1) is 13.8 Å². The Morgan fingerprint density at radius 2 is 1.95 bits per heavy atom. The average Bonchev–Trinajstić information content (AvgIpc) is 2.94. The lowest BCUT2D eigenvalue weighted by molar-refractivity contribution is -0.149. The molecule has 0 saturated carbocycles. The van der Waals surface area contributed by atoms with Crippen molar-refractivity contribution in [2.24, 2.45) is 0 Å². The van der Waals surface area contributed by atoms with Gasteiger partial charge in [-0.3, -0.25) is 0 Å². The number of aryl methyl sites for hydroxylation is 2. The number of imidazole rings is 1. The van der Waals surface area contributed by atoms with E-state index in [1.165, 1.54) is 0 Å². The lowest BCUT2D eigenvalue weighted by atomic mass is 9.87. The van der Waals surface area contributed by atoms with Crippen LogP contribution in [0.4, 0.5) is 5.95 Å². The summed E-state index contributed by atoms with van der Waals surface area (Å²) < 4.78 is 1.78. The molecule has 3 rings (SSSR count). The topological polar surface area (TPSA) is 84.1 Å². The highest BCUT2D eigenvalue weighted by Gasteiger charge is 2.44. The van der Waals surface area contributed by atoms with Gasteiger partial charge in [0, 0.05) is 37.4 Å². The van der Waals surface area contributed by atoms with Crippen molar-refractivity contribution in [3.8, 4) is 0 Å². The molecule has 116 valence electrons. The summed E-state index contributed by atoms with van der Waals surface area (Å²) in [7, 11) is 0. The highest BCUT2D eigenvalue weighted by Crippen LogP contribution is 2.32. The highest BCUT2D eigenvalue weighted by molar-refractivity contribution is 5.77. The fourth-order valence-electron chi connectivity index (χ4n) is 3.05. The van der Waals surface area contributed by atoms with Crippen LogP contribution in [0.25, 0.3) is 0 Å². The molecule has 2 aromatic heterocycles. The minimum atomic E-state index is -0.930. The Balaban J connectivity index is 1.85. The largest absolute Gasteiger partial charge is 0.479 e. The summed E-state index contributed by atoms with van der Waals surface area (Å²) in [5.74, 6) is 0.586. The van der Waals surface area contributed by atoms with Gasteiger partial charge < -0.3 is 14.6 Å². The highest BCUT2D eigenvalue weighted by atomic mass is 16.4. The van der Waals surface area contributed by atoms with Gasteiger partial charge in [0.25, 0.3) is 0 Å². The summed E-state index contributed by atoms with van der Waals surface area (Å²) in [6.07, 6.45) is 6.13. The number of carbonyl (C=O) groups is 1. The van der Waals surface area contributed by atoms with Crippen LogP contribution in [0.1, 0.15) is 24.4 Å². The second-order valence-corrected chi connectivity index (χ2v) is 5.67. The van der Waals surface area contributed by atoms with E-state index in [1.807, 2.05) is 24.8 Å². The van der Waals surface area contributed by atoms with Crippen molar-refractivity contribution >= 4 is 11.9 Å². The predicted octanol–water partition coefficient (Wildman–Crippen LogP) is 1.37. The quantitative estimate of drug-likeness (QED) is 0.921. The SMILES string of the molecule is Cc1ccnc(N2CCC(C(=O)O)(n3ccnc3C)CC2)n1. The fraction of sp³-hybridized carbons (Fsp3) is 0.467. The van der Waals surface area contributed by atoms with Crippen molar-refractivity contribution in [1.82, 2.24) is 19.5 Å². The number of carboxylic acid groups (broad SMARTS) is 1. The molecule has 0 unspecified atom stereocenters. The number of anilines is 1. The molecule has 1 saturated heterocycles. The Hall–Kier alpha value is -2.44. The van der Waals surface area contributed by atoms with Gasteiger partial charge in [0.15, 0.2) is 0 Å². The van der Waals surface area contributed by atoms with Gasteiger partial charge in [-0.2, -0.15) is 0 Å². The van der Waals surface area contributed by atoms with Gasteiger partial charge in [-0.05, 0) is 32.8 Å². The number of aromatic nitrogens is 4. The van der Waals surface area contributed by atoms with E-state index >= 15 is 0 Å². The molecule has 22 heavy (non-hydrogen) atoms. The minimum absolute atomic E-state index is 0.497. The summed E-state index contributed by atoms with van der Waals surface area (Å²) in [5.41, 5.74) is -0.0218. The van der Waals surface area contributed by atoms with Crippen molar-refractivity contribution in [3.05, 3.63) is 36.2 Å². The van der Waals surface area contributed by atoms with Crippen LogP contribution >= 0.6 is 0 Å². The molecule has 1 aliphatic heterocycles. The van der Waals surface area contributed by atoms with Crippen molar-refractivity contribution in [3.63, 3.8) is 0 Å². The third-order valence-corrected chi connectivity index (χ3v) is 4.34. The fourth-order valence-corrected chi connectivity index (χ4v) is 3.05. The summed E-state index contributed by atoms with van der Waals surface area (Å²) >= 11 is 0. The van der Waals surface area contributed by atoms with Crippen molar-refractivity contribution in [2.75, 3.05) is 18.0 Å². The van der Waals surface area contributed by atoms with Gasteiger partial charge >= 0.3 is 5.97 Å². The third-order valence-electron chi connectivity index (χ3n) is 4.34. The van der Waals surface area contributed by atoms with Gasteiger partial charge in [0.1, 0.15) is 11.4 Å². The molecule has 0 aliphatic carbocycles. The third kappa shape index (κ3) is 2.32. The smallest absolute Gasteiger partial charge is 0.330 e. The maximum atomic E-state index is 11.9. The molecule has 3 heterocycles. The molecule has 7 heteroatoms. The first-order chi connectivity index (χ1) is 10.5. The number of aliphatic carboxylic acids is 1. The van der Waals surface area contributed by atoms with E-state index in [0.717, 1.165) is 11.5 Å². The minimum Gasteiger partial charge on any atom is -0.479 e.